The van der Waals surface area contributed by atoms with Crippen LogP contribution in [0.15, 0.2) is 34.4 Å². The number of rotatable bonds is 3. The first-order valence-electron chi connectivity index (χ1n) is 4.28. The Labute approximate surface area is 99.1 Å². The van der Waals surface area contributed by atoms with Crippen LogP contribution in [-0.2, 0) is 6.54 Å². The molecule has 0 amide bonds. The van der Waals surface area contributed by atoms with Crippen molar-refractivity contribution in [3.8, 4) is 0 Å². The SMILES string of the molecule is O=C(O)c1cc(Br)n(Cc2cccs2)c1. The van der Waals surface area contributed by atoms with Crippen LogP contribution in [0.5, 0.6) is 0 Å². The van der Waals surface area contributed by atoms with Crippen LogP contribution in [0.1, 0.15) is 15.2 Å². The first-order chi connectivity index (χ1) is 7.16. The van der Waals surface area contributed by atoms with E-state index in [0.717, 1.165) is 4.60 Å². The van der Waals surface area contributed by atoms with E-state index < -0.39 is 5.97 Å². The molecule has 5 heteroatoms. The fourth-order valence-corrected chi connectivity index (χ4v) is 2.46. The molecule has 0 aliphatic carbocycles. The zero-order valence-corrected chi connectivity index (χ0v) is 10.1. The van der Waals surface area contributed by atoms with Crippen molar-refractivity contribution in [3.05, 3.63) is 44.8 Å². The zero-order valence-electron chi connectivity index (χ0n) is 7.68. The number of thiophene rings is 1. The summed E-state index contributed by atoms with van der Waals surface area (Å²) >= 11 is 4.99. The molecule has 0 unspecified atom stereocenters. The molecule has 2 rings (SSSR count). The molecule has 0 aliphatic rings. The monoisotopic (exact) mass is 285 g/mol. The highest BCUT2D eigenvalue weighted by Gasteiger charge is 2.09. The summed E-state index contributed by atoms with van der Waals surface area (Å²) in [7, 11) is 0. The van der Waals surface area contributed by atoms with Gasteiger partial charge in [0.25, 0.3) is 0 Å². The van der Waals surface area contributed by atoms with Crippen LogP contribution in [-0.4, -0.2) is 15.6 Å². The normalized spacial score (nSPS) is 10.5. The van der Waals surface area contributed by atoms with Crippen LogP contribution >= 0.6 is 27.3 Å². The second kappa shape index (κ2) is 4.20. The van der Waals surface area contributed by atoms with Crippen molar-refractivity contribution < 1.29 is 9.90 Å². The Balaban J connectivity index is 2.25. The van der Waals surface area contributed by atoms with Gasteiger partial charge in [-0.3, -0.25) is 0 Å². The summed E-state index contributed by atoms with van der Waals surface area (Å²) in [4.78, 5) is 11.9. The lowest BCUT2D eigenvalue weighted by Crippen LogP contribution is -1.97. The van der Waals surface area contributed by atoms with Crippen LogP contribution < -0.4 is 0 Å². The van der Waals surface area contributed by atoms with Crippen molar-refractivity contribution in [1.82, 2.24) is 4.57 Å². The number of carboxylic acids is 1. The average Bonchev–Trinajstić information content (AvgIpc) is 2.77. The summed E-state index contributed by atoms with van der Waals surface area (Å²) in [5, 5.41) is 10.8. The number of aromatic nitrogens is 1. The third-order valence-corrected chi connectivity index (χ3v) is 3.54. The molecular weight excluding hydrogens is 278 g/mol. The molecule has 0 aromatic carbocycles. The van der Waals surface area contributed by atoms with E-state index in [2.05, 4.69) is 15.9 Å². The second-order valence-corrected chi connectivity index (χ2v) is 4.91. The fraction of sp³-hybridized carbons (Fsp3) is 0.100. The first kappa shape index (κ1) is 10.4. The van der Waals surface area contributed by atoms with Crippen LogP contribution in [0, 0.1) is 0 Å². The van der Waals surface area contributed by atoms with Gasteiger partial charge in [-0.1, -0.05) is 6.07 Å². The first-order valence-corrected chi connectivity index (χ1v) is 5.95. The van der Waals surface area contributed by atoms with Gasteiger partial charge in [-0.05, 0) is 33.4 Å². The Kier molecular flexibility index (Phi) is 2.93. The fourth-order valence-electron chi connectivity index (χ4n) is 1.29. The molecule has 0 atom stereocenters. The van der Waals surface area contributed by atoms with Crippen molar-refractivity contribution in [2.75, 3.05) is 0 Å². The number of nitrogens with zero attached hydrogens (tertiary/aromatic N) is 1. The van der Waals surface area contributed by atoms with Crippen molar-refractivity contribution in [3.63, 3.8) is 0 Å². The Morgan fingerprint density at radius 2 is 2.40 bits per heavy atom. The summed E-state index contributed by atoms with van der Waals surface area (Å²) in [6.07, 6.45) is 1.63. The quantitative estimate of drug-likeness (QED) is 0.942. The summed E-state index contributed by atoms with van der Waals surface area (Å²) in [5.41, 5.74) is 0.304. The highest BCUT2D eigenvalue weighted by Crippen LogP contribution is 2.19. The van der Waals surface area contributed by atoms with Crippen molar-refractivity contribution in [2.45, 2.75) is 6.54 Å². The number of carboxylic acid groups (broad SMARTS) is 1. The van der Waals surface area contributed by atoms with E-state index in [0.29, 0.717) is 12.1 Å². The molecule has 15 heavy (non-hydrogen) atoms. The van der Waals surface area contributed by atoms with E-state index in [1.54, 1.807) is 23.6 Å². The van der Waals surface area contributed by atoms with Gasteiger partial charge in [0.2, 0.25) is 0 Å². The van der Waals surface area contributed by atoms with Crippen molar-refractivity contribution >= 4 is 33.2 Å². The van der Waals surface area contributed by atoms with E-state index in [1.165, 1.54) is 4.88 Å². The molecule has 0 spiro atoms. The average molecular weight is 286 g/mol. The van der Waals surface area contributed by atoms with Gasteiger partial charge >= 0.3 is 5.97 Å². The smallest absolute Gasteiger partial charge is 0.337 e. The number of hydrogen-bond donors (Lipinski definition) is 1. The molecule has 2 aromatic heterocycles. The maximum absolute atomic E-state index is 10.7. The lowest BCUT2D eigenvalue weighted by molar-refractivity contribution is 0.0697. The third-order valence-electron chi connectivity index (χ3n) is 2.00. The molecule has 2 aromatic rings. The van der Waals surface area contributed by atoms with E-state index >= 15 is 0 Å². The Morgan fingerprint density at radius 1 is 1.60 bits per heavy atom. The maximum atomic E-state index is 10.7. The molecule has 0 saturated carbocycles. The highest BCUT2D eigenvalue weighted by atomic mass is 79.9. The van der Waals surface area contributed by atoms with Gasteiger partial charge in [-0.2, -0.15) is 0 Å². The number of hydrogen-bond acceptors (Lipinski definition) is 2. The molecule has 0 aliphatic heterocycles. The van der Waals surface area contributed by atoms with Gasteiger partial charge in [-0.25, -0.2) is 4.79 Å². The minimum Gasteiger partial charge on any atom is -0.478 e. The minimum absolute atomic E-state index is 0.304. The van der Waals surface area contributed by atoms with Gasteiger partial charge in [-0.15, -0.1) is 11.3 Å². The number of halogens is 1. The molecule has 0 bridgehead atoms. The molecule has 1 N–H and O–H groups in total. The van der Waals surface area contributed by atoms with Crippen molar-refractivity contribution in [2.24, 2.45) is 0 Å². The predicted molar refractivity (Wildman–Crippen MR) is 62.5 cm³/mol. The van der Waals surface area contributed by atoms with Gasteiger partial charge in [0.1, 0.15) is 0 Å². The molecule has 2 heterocycles. The Bertz CT molecular complexity index is 476. The van der Waals surface area contributed by atoms with Crippen LogP contribution in [0.25, 0.3) is 0 Å². The Morgan fingerprint density at radius 3 is 2.93 bits per heavy atom. The summed E-state index contributed by atoms with van der Waals surface area (Å²) in [5.74, 6) is -0.902. The van der Waals surface area contributed by atoms with Crippen LogP contribution in [0.3, 0.4) is 0 Å². The molecule has 0 saturated heterocycles. The zero-order chi connectivity index (χ0) is 10.8. The summed E-state index contributed by atoms with van der Waals surface area (Å²) in [6, 6.07) is 5.61. The highest BCUT2D eigenvalue weighted by molar-refractivity contribution is 9.10. The molecule has 3 nitrogen and oxygen atoms in total. The predicted octanol–water partition coefficient (Wildman–Crippen LogP) is 3.06. The van der Waals surface area contributed by atoms with Gasteiger partial charge in [0, 0.05) is 11.1 Å². The summed E-state index contributed by atoms with van der Waals surface area (Å²) in [6.45, 7) is 0.700. The van der Waals surface area contributed by atoms with E-state index in [-0.39, 0.29) is 0 Å². The lowest BCUT2D eigenvalue weighted by Gasteiger charge is -2.01. The summed E-state index contributed by atoms with van der Waals surface area (Å²) < 4.78 is 2.66. The third kappa shape index (κ3) is 2.30. The lowest BCUT2D eigenvalue weighted by atomic mass is 10.4. The van der Waals surface area contributed by atoms with Gasteiger partial charge in [0.15, 0.2) is 0 Å². The van der Waals surface area contributed by atoms with Crippen LogP contribution in [0.2, 0.25) is 0 Å². The van der Waals surface area contributed by atoms with Crippen LogP contribution in [0.4, 0.5) is 0 Å². The molecule has 78 valence electrons. The van der Waals surface area contributed by atoms with Gasteiger partial charge < -0.3 is 9.67 Å². The largest absolute Gasteiger partial charge is 0.478 e. The second-order valence-electron chi connectivity index (χ2n) is 3.06. The topological polar surface area (TPSA) is 42.2 Å². The minimum atomic E-state index is -0.902. The molecule has 0 radical (unpaired) electrons. The molecular formula is C10H8BrNO2S. The number of aromatic carboxylic acids is 1. The molecule has 0 fully saturated rings. The van der Waals surface area contributed by atoms with E-state index in [9.17, 15) is 4.79 Å². The van der Waals surface area contributed by atoms with E-state index in [4.69, 9.17) is 5.11 Å². The van der Waals surface area contributed by atoms with Crippen molar-refractivity contribution in [1.29, 1.82) is 0 Å². The standard InChI is InChI=1S/C10H8BrNO2S/c11-9-4-7(10(13)14)5-12(9)6-8-2-1-3-15-8/h1-5H,6H2,(H,13,14). The van der Waals surface area contributed by atoms with E-state index in [1.807, 2.05) is 22.1 Å². The Hall–Kier alpha value is -1.07. The van der Waals surface area contributed by atoms with Gasteiger partial charge in [0.05, 0.1) is 16.7 Å². The number of carbonyl (C=O) groups is 1. The maximum Gasteiger partial charge on any atom is 0.337 e.